The molecule has 2 rings (SSSR count). The van der Waals surface area contributed by atoms with Crippen LogP contribution in [0.1, 0.15) is 20.3 Å². The van der Waals surface area contributed by atoms with Crippen molar-refractivity contribution in [2.45, 2.75) is 26.3 Å². The Hall–Kier alpha value is -0.810. The zero-order valence-electron chi connectivity index (χ0n) is 10.7. The van der Waals surface area contributed by atoms with Crippen LogP contribution in [0.5, 0.6) is 0 Å². The van der Waals surface area contributed by atoms with Gasteiger partial charge in [-0.3, -0.25) is 4.99 Å². The average molecular weight is 305 g/mol. The summed E-state index contributed by atoms with van der Waals surface area (Å²) in [5, 5.41) is 3.51. The lowest BCUT2D eigenvalue weighted by Gasteiger charge is -2.09. The summed E-state index contributed by atoms with van der Waals surface area (Å²) >= 11 is 7.36. The van der Waals surface area contributed by atoms with Crippen molar-refractivity contribution in [3.8, 4) is 0 Å². The van der Waals surface area contributed by atoms with E-state index in [1.165, 1.54) is 11.8 Å². The molecule has 0 saturated heterocycles. The molecule has 0 spiro atoms. The average Bonchev–Trinajstić information content (AvgIpc) is 2.70. The van der Waals surface area contributed by atoms with Crippen molar-refractivity contribution in [2.24, 2.45) is 10.9 Å². The molecular formula is C13H15ClF2N2S. The predicted molar refractivity (Wildman–Crippen MR) is 78.1 cm³/mol. The highest BCUT2D eigenvalue weighted by molar-refractivity contribution is 8.14. The molecule has 1 atom stereocenters. The number of halogens is 3. The van der Waals surface area contributed by atoms with Gasteiger partial charge >= 0.3 is 0 Å². The summed E-state index contributed by atoms with van der Waals surface area (Å²) in [6, 6.07) is 2.13. The van der Waals surface area contributed by atoms with Crippen LogP contribution in [0.4, 0.5) is 14.5 Å². The van der Waals surface area contributed by atoms with Gasteiger partial charge in [0, 0.05) is 11.8 Å². The normalized spacial score (nSPS) is 18.8. The van der Waals surface area contributed by atoms with Crippen molar-refractivity contribution >= 4 is 34.2 Å². The number of nitrogens with one attached hydrogen (secondary N) is 1. The van der Waals surface area contributed by atoms with E-state index in [4.69, 9.17) is 11.6 Å². The number of aliphatic imine (C=N–C) groups is 1. The lowest BCUT2D eigenvalue weighted by molar-refractivity contribution is 0.529. The second-order valence-electron chi connectivity index (χ2n) is 4.90. The lowest BCUT2D eigenvalue weighted by Crippen LogP contribution is -2.09. The van der Waals surface area contributed by atoms with Gasteiger partial charge in [0.2, 0.25) is 0 Å². The molecule has 6 heteroatoms. The molecule has 0 saturated carbocycles. The fourth-order valence-corrected chi connectivity index (χ4v) is 3.12. The first-order valence-corrected chi connectivity index (χ1v) is 7.44. The van der Waals surface area contributed by atoms with Gasteiger partial charge in [0.05, 0.1) is 16.8 Å². The van der Waals surface area contributed by atoms with Crippen molar-refractivity contribution in [2.75, 3.05) is 11.1 Å². The largest absolute Gasteiger partial charge is 0.331 e. The van der Waals surface area contributed by atoms with Crippen LogP contribution < -0.4 is 5.32 Å². The molecule has 1 aliphatic rings. The summed E-state index contributed by atoms with van der Waals surface area (Å²) in [5.74, 6) is 0.0493. The summed E-state index contributed by atoms with van der Waals surface area (Å²) in [4.78, 5) is 4.48. The molecule has 0 amide bonds. The third-order valence-electron chi connectivity index (χ3n) is 2.69. The number of hydrogen-bond acceptors (Lipinski definition) is 3. The van der Waals surface area contributed by atoms with Crippen molar-refractivity contribution in [3.05, 3.63) is 28.8 Å². The Balaban J connectivity index is 2.10. The smallest absolute Gasteiger partial charge is 0.161 e. The molecule has 0 fully saturated rings. The van der Waals surface area contributed by atoms with E-state index in [1.54, 1.807) is 0 Å². The van der Waals surface area contributed by atoms with Crippen molar-refractivity contribution < 1.29 is 8.78 Å². The van der Waals surface area contributed by atoms with E-state index in [-0.39, 0.29) is 16.8 Å². The zero-order chi connectivity index (χ0) is 14.0. The first-order valence-electron chi connectivity index (χ1n) is 6.08. The molecule has 19 heavy (non-hydrogen) atoms. The number of amidine groups is 1. The summed E-state index contributed by atoms with van der Waals surface area (Å²) in [5.41, 5.74) is 0.0829. The SMILES string of the molecule is CC(C)CC1CSC(Nc2c(F)cc(F)cc2Cl)=N1. The Morgan fingerprint density at radius 3 is 2.84 bits per heavy atom. The van der Waals surface area contributed by atoms with Crippen molar-refractivity contribution in [1.82, 2.24) is 0 Å². The van der Waals surface area contributed by atoms with Crippen LogP contribution >= 0.6 is 23.4 Å². The van der Waals surface area contributed by atoms with Crippen LogP contribution in [-0.2, 0) is 0 Å². The van der Waals surface area contributed by atoms with Crippen molar-refractivity contribution in [1.29, 1.82) is 0 Å². The minimum Gasteiger partial charge on any atom is -0.331 e. The number of thioether (sulfide) groups is 1. The Morgan fingerprint density at radius 2 is 2.21 bits per heavy atom. The van der Waals surface area contributed by atoms with Gasteiger partial charge in [-0.15, -0.1) is 0 Å². The highest BCUT2D eigenvalue weighted by Gasteiger charge is 2.21. The second-order valence-corrected chi connectivity index (χ2v) is 6.31. The summed E-state index contributed by atoms with van der Waals surface area (Å²) < 4.78 is 26.6. The molecular weight excluding hydrogens is 290 g/mol. The van der Waals surface area contributed by atoms with E-state index in [0.29, 0.717) is 11.1 Å². The Labute approximate surface area is 120 Å². The van der Waals surface area contributed by atoms with E-state index in [0.717, 1.165) is 24.3 Å². The topological polar surface area (TPSA) is 24.4 Å². The molecule has 0 radical (unpaired) electrons. The number of anilines is 1. The molecule has 1 aliphatic heterocycles. The van der Waals surface area contributed by atoms with Gasteiger partial charge in [0.1, 0.15) is 5.82 Å². The van der Waals surface area contributed by atoms with Crippen molar-refractivity contribution in [3.63, 3.8) is 0 Å². The van der Waals surface area contributed by atoms with Gasteiger partial charge in [-0.1, -0.05) is 37.2 Å². The van der Waals surface area contributed by atoms with Crippen LogP contribution in [0.15, 0.2) is 17.1 Å². The molecule has 1 unspecified atom stereocenters. The minimum atomic E-state index is -0.708. The molecule has 1 N–H and O–H groups in total. The van der Waals surface area contributed by atoms with Gasteiger partial charge < -0.3 is 5.32 Å². The van der Waals surface area contributed by atoms with E-state index in [1.807, 2.05) is 0 Å². The van der Waals surface area contributed by atoms with Gasteiger partial charge in [0.15, 0.2) is 11.0 Å². The summed E-state index contributed by atoms with van der Waals surface area (Å²) in [6.45, 7) is 4.28. The van der Waals surface area contributed by atoms with Gasteiger partial charge in [-0.25, -0.2) is 8.78 Å². The molecule has 104 valence electrons. The highest BCUT2D eigenvalue weighted by Crippen LogP contribution is 2.30. The summed E-state index contributed by atoms with van der Waals surface area (Å²) in [6.07, 6.45) is 0.998. The maximum atomic E-state index is 13.6. The van der Waals surface area contributed by atoms with Crippen LogP contribution in [0.3, 0.4) is 0 Å². The van der Waals surface area contributed by atoms with Crippen LogP contribution in [0.2, 0.25) is 5.02 Å². The fourth-order valence-electron chi connectivity index (χ4n) is 1.92. The number of rotatable bonds is 3. The minimum absolute atomic E-state index is 0.0214. The molecule has 1 aromatic carbocycles. The second kappa shape index (κ2) is 6.09. The first-order chi connectivity index (χ1) is 8.95. The predicted octanol–water partition coefficient (Wildman–Crippen LogP) is 4.55. The molecule has 1 heterocycles. The maximum absolute atomic E-state index is 13.6. The van der Waals surface area contributed by atoms with E-state index in [2.05, 4.69) is 24.2 Å². The van der Waals surface area contributed by atoms with Crippen LogP contribution in [0, 0.1) is 17.6 Å². The van der Waals surface area contributed by atoms with E-state index < -0.39 is 11.6 Å². The molecule has 0 aromatic heterocycles. The molecule has 0 bridgehead atoms. The summed E-state index contributed by atoms with van der Waals surface area (Å²) in [7, 11) is 0. The van der Waals surface area contributed by atoms with E-state index in [9.17, 15) is 8.78 Å². The lowest BCUT2D eigenvalue weighted by atomic mass is 10.1. The number of nitrogens with zero attached hydrogens (tertiary/aromatic N) is 1. The third kappa shape index (κ3) is 3.83. The number of hydrogen-bond donors (Lipinski definition) is 1. The molecule has 0 aliphatic carbocycles. The fraction of sp³-hybridized carbons (Fsp3) is 0.462. The quantitative estimate of drug-likeness (QED) is 0.886. The van der Waals surface area contributed by atoms with Crippen LogP contribution in [0.25, 0.3) is 0 Å². The molecule has 2 nitrogen and oxygen atoms in total. The highest BCUT2D eigenvalue weighted by atomic mass is 35.5. The van der Waals surface area contributed by atoms with Gasteiger partial charge in [-0.05, 0) is 18.4 Å². The number of benzene rings is 1. The molecule has 1 aromatic rings. The maximum Gasteiger partial charge on any atom is 0.161 e. The van der Waals surface area contributed by atoms with Gasteiger partial charge in [0.25, 0.3) is 0 Å². The zero-order valence-corrected chi connectivity index (χ0v) is 12.3. The van der Waals surface area contributed by atoms with E-state index >= 15 is 0 Å². The third-order valence-corrected chi connectivity index (χ3v) is 4.02. The Kier molecular flexibility index (Phi) is 4.68. The standard InChI is InChI=1S/C13H15ClF2N2S/c1-7(2)3-9-6-19-13(17-9)18-12-10(14)4-8(15)5-11(12)16/h4-5,7,9H,3,6H2,1-2H3,(H,17,18). The monoisotopic (exact) mass is 304 g/mol. The Morgan fingerprint density at radius 1 is 1.47 bits per heavy atom. The first kappa shape index (κ1) is 14.6. The Bertz CT molecular complexity index is 482. The van der Waals surface area contributed by atoms with Crippen LogP contribution in [-0.4, -0.2) is 17.0 Å². The van der Waals surface area contributed by atoms with Gasteiger partial charge in [-0.2, -0.15) is 0 Å².